The van der Waals surface area contributed by atoms with Crippen molar-refractivity contribution in [3.8, 4) is 17.3 Å². The Morgan fingerprint density at radius 3 is 2.62 bits per heavy atom. The van der Waals surface area contributed by atoms with Gasteiger partial charge in [-0.05, 0) is 38.8 Å². The lowest BCUT2D eigenvalue weighted by molar-refractivity contribution is -0.384. The third kappa shape index (κ3) is 7.20. The SMILES string of the molecule is CCCCOc1nc(Cl)c([N+](=O)[O-])c(-c2c(CNNC(=O)OC(C)(C)C)ccc(F)c2CO)n1. The maximum Gasteiger partial charge on any atom is 0.422 e. The van der Waals surface area contributed by atoms with Crippen molar-refractivity contribution in [3.05, 3.63) is 44.3 Å². The fourth-order valence-corrected chi connectivity index (χ4v) is 3.13. The molecule has 0 aliphatic heterocycles. The smallest absolute Gasteiger partial charge is 0.422 e. The van der Waals surface area contributed by atoms with Crippen molar-refractivity contribution >= 4 is 23.4 Å². The van der Waals surface area contributed by atoms with E-state index in [2.05, 4.69) is 20.8 Å². The number of amides is 1. The number of nitrogens with zero attached hydrogens (tertiary/aromatic N) is 3. The summed E-state index contributed by atoms with van der Waals surface area (Å²) in [5, 5.41) is 21.1. The predicted molar refractivity (Wildman–Crippen MR) is 122 cm³/mol. The largest absolute Gasteiger partial charge is 0.463 e. The van der Waals surface area contributed by atoms with Gasteiger partial charge in [-0.15, -0.1) is 0 Å². The molecule has 1 heterocycles. The van der Waals surface area contributed by atoms with Gasteiger partial charge in [0, 0.05) is 17.7 Å². The van der Waals surface area contributed by atoms with Crippen molar-refractivity contribution in [2.75, 3.05) is 6.61 Å². The fourth-order valence-electron chi connectivity index (χ4n) is 2.90. The zero-order valence-electron chi connectivity index (χ0n) is 19.3. The normalized spacial score (nSPS) is 11.3. The van der Waals surface area contributed by atoms with Crippen LogP contribution < -0.4 is 15.6 Å². The molecule has 11 nitrogen and oxygen atoms in total. The Hall–Kier alpha value is -3.09. The molecule has 0 bridgehead atoms. The number of halogens is 2. The van der Waals surface area contributed by atoms with Crippen molar-refractivity contribution in [3.63, 3.8) is 0 Å². The van der Waals surface area contributed by atoms with Crippen LogP contribution in [0.2, 0.25) is 5.15 Å². The van der Waals surface area contributed by atoms with Crippen LogP contribution in [0.25, 0.3) is 11.3 Å². The number of unbranched alkanes of at least 4 members (excludes halogenated alkanes) is 1. The van der Waals surface area contributed by atoms with Gasteiger partial charge in [-0.2, -0.15) is 9.97 Å². The average Bonchev–Trinajstić information content (AvgIpc) is 2.72. The predicted octanol–water partition coefficient (Wildman–Crippen LogP) is 4.04. The highest BCUT2D eigenvalue weighted by Gasteiger charge is 2.30. The minimum absolute atomic E-state index is 0.0719. The second kappa shape index (κ2) is 11.9. The number of carbonyl (C=O) groups excluding carboxylic acids is 1. The van der Waals surface area contributed by atoms with Crippen LogP contribution in [0.4, 0.5) is 14.9 Å². The van der Waals surface area contributed by atoms with Crippen LogP contribution >= 0.6 is 11.6 Å². The number of aliphatic hydroxyl groups excluding tert-OH is 1. The number of rotatable bonds is 10. The second-order valence-electron chi connectivity index (χ2n) is 8.15. The number of benzene rings is 1. The molecule has 2 aromatic rings. The standard InChI is InChI=1S/C21H27ClFN5O6/c1-5-6-9-33-19-25-16(17(28(31)32)18(22)26-19)15-12(7-8-14(23)13(15)11-29)10-24-27-20(30)34-21(2,3)4/h7-8,24,29H,5-6,9-11H2,1-4H3,(H,27,30). The van der Waals surface area contributed by atoms with Crippen LogP contribution in [0.3, 0.4) is 0 Å². The van der Waals surface area contributed by atoms with E-state index in [1.165, 1.54) is 6.07 Å². The monoisotopic (exact) mass is 499 g/mol. The Kier molecular flexibility index (Phi) is 9.47. The molecule has 0 saturated heterocycles. The summed E-state index contributed by atoms with van der Waals surface area (Å²) < 4.78 is 25.2. The van der Waals surface area contributed by atoms with E-state index in [1.807, 2.05) is 6.92 Å². The van der Waals surface area contributed by atoms with Crippen LogP contribution in [-0.2, 0) is 17.9 Å². The van der Waals surface area contributed by atoms with Crippen LogP contribution in [0, 0.1) is 15.9 Å². The van der Waals surface area contributed by atoms with Gasteiger partial charge in [0.15, 0.2) is 5.69 Å². The zero-order chi connectivity index (χ0) is 25.5. The van der Waals surface area contributed by atoms with Crippen LogP contribution in [0.1, 0.15) is 51.7 Å². The number of hydrogen-bond donors (Lipinski definition) is 3. The third-order valence-electron chi connectivity index (χ3n) is 4.34. The number of ether oxygens (including phenoxy) is 2. The molecule has 1 aromatic carbocycles. The highest BCUT2D eigenvalue weighted by atomic mass is 35.5. The van der Waals surface area contributed by atoms with Crippen LogP contribution in [-0.4, -0.2) is 38.3 Å². The average molecular weight is 500 g/mol. The number of aromatic nitrogens is 2. The Bertz CT molecular complexity index is 1050. The van der Waals surface area contributed by atoms with Gasteiger partial charge in [-0.25, -0.2) is 14.6 Å². The third-order valence-corrected chi connectivity index (χ3v) is 4.60. The highest BCUT2D eigenvalue weighted by molar-refractivity contribution is 6.32. The highest BCUT2D eigenvalue weighted by Crippen LogP contribution is 2.39. The maximum absolute atomic E-state index is 14.6. The van der Waals surface area contributed by atoms with E-state index < -0.39 is 39.9 Å². The summed E-state index contributed by atoms with van der Waals surface area (Å²) >= 11 is 6.07. The minimum atomic E-state index is -0.807. The lowest BCUT2D eigenvalue weighted by Crippen LogP contribution is -2.40. The quantitative estimate of drug-likeness (QED) is 0.190. The molecule has 0 aliphatic carbocycles. The molecule has 0 aliphatic rings. The first kappa shape index (κ1) is 27.2. The molecule has 1 aromatic heterocycles. The molecule has 186 valence electrons. The van der Waals surface area contributed by atoms with Crippen molar-refractivity contribution in [1.82, 2.24) is 20.8 Å². The topological polar surface area (TPSA) is 149 Å². The first-order valence-corrected chi connectivity index (χ1v) is 10.8. The Morgan fingerprint density at radius 1 is 1.32 bits per heavy atom. The molecule has 0 fully saturated rings. The molecule has 34 heavy (non-hydrogen) atoms. The van der Waals surface area contributed by atoms with Gasteiger partial charge in [-0.1, -0.05) is 31.0 Å². The molecule has 1 amide bonds. The van der Waals surface area contributed by atoms with E-state index >= 15 is 0 Å². The van der Waals surface area contributed by atoms with Gasteiger partial charge in [0.1, 0.15) is 11.4 Å². The number of hydrazine groups is 1. The molecule has 2 rings (SSSR count). The van der Waals surface area contributed by atoms with E-state index in [-0.39, 0.29) is 41.5 Å². The minimum Gasteiger partial charge on any atom is -0.463 e. The summed E-state index contributed by atoms with van der Waals surface area (Å²) in [5.41, 5.74) is 3.18. The lowest BCUT2D eigenvalue weighted by atomic mass is 9.96. The zero-order valence-corrected chi connectivity index (χ0v) is 20.0. The summed E-state index contributed by atoms with van der Waals surface area (Å²) in [6.45, 7) is 6.37. The molecule has 0 saturated carbocycles. The van der Waals surface area contributed by atoms with E-state index in [0.29, 0.717) is 6.42 Å². The van der Waals surface area contributed by atoms with Gasteiger partial charge < -0.3 is 14.6 Å². The maximum atomic E-state index is 14.6. The summed E-state index contributed by atoms with van der Waals surface area (Å²) in [6, 6.07) is 2.20. The number of hydrogen-bond acceptors (Lipinski definition) is 9. The van der Waals surface area contributed by atoms with Gasteiger partial charge in [-0.3, -0.25) is 15.5 Å². The van der Waals surface area contributed by atoms with Gasteiger partial charge in [0.25, 0.3) is 0 Å². The molecule has 0 spiro atoms. The van der Waals surface area contributed by atoms with Gasteiger partial charge in [0.05, 0.1) is 18.1 Å². The first-order valence-electron chi connectivity index (χ1n) is 10.5. The van der Waals surface area contributed by atoms with E-state index in [0.717, 1.165) is 12.5 Å². The molecular weight excluding hydrogens is 473 g/mol. The lowest BCUT2D eigenvalue weighted by Gasteiger charge is -2.20. The molecule has 0 unspecified atom stereocenters. The second-order valence-corrected chi connectivity index (χ2v) is 8.51. The molecule has 0 radical (unpaired) electrons. The van der Waals surface area contributed by atoms with Gasteiger partial charge in [0.2, 0.25) is 5.15 Å². The number of carbonyl (C=O) groups is 1. The van der Waals surface area contributed by atoms with Crippen LogP contribution in [0.15, 0.2) is 12.1 Å². The summed E-state index contributed by atoms with van der Waals surface area (Å²) in [7, 11) is 0. The van der Waals surface area contributed by atoms with Gasteiger partial charge >= 0.3 is 17.8 Å². The summed E-state index contributed by atoms with van der Waals surface area (Å²) in [5.74, 6) is -0.807. The van der Waals surface area contributed by atoms with Crippen molar-refractivity contribution in [1.29, 1.82) is 0 Å². The Balaban J connectivity index is 2.53. The van der Waals surface area contributed by atoms with Crippen molar-refractivity contribution in [2.24, 2.45) is 0 Å². The van der Waals surface area contributed by atoms with Crippen LogP contribution in [0.5, 0.6) is 6.01 Å². The van der Waals surface area contributed by atoms with E-state index in [9.17, 15) is 24.4 Å². The molecule has 0 atom stereocenters. The Morgan fingerprint density at radius 2 is 2.03 bits per heavy atom. The van der Waals surface area contributed by atoms with Crippen molar-refractivity contribution < 1.29 is 28.7 Å². The van der Waals surface area contributed by atoms with E-state index in [4.69, 9.17) is 21.1 Å². The first-order chi connectivity index (χ1) is 16.0. The fraction of sp³-hybridized carbons (Fsp3) is 0.476. The van der Waals surface area contributed by atoms with Crippen molar-refractivity contribution in [2.45, 2.75) is 59.3 Å². The number of aliphatic hydroxyl groups is 1. The van der Waals surface area contributed by atoms with E-state index in [1.54, 1.807) is 20.8 Å². The summed E-state index contributed by atoms with van der Waals surface area (Å²) in [4.78, 5) is 30.8. The molecule has 13 heteroatoms. The molecule has 3 N–H and O–H groups in total. The number of nitrogens with one attached hydrogen (secondary N) is 2. The number of nitro groups is 1. The summed E-state index contributed by atoms with van der Waals surface area (Å²) in [6.07, 6.45) is 0.744. The molecular formula is C21H27ClFN5O6. The Labute approximate surface area is 200 Å².